The Balaban J connectivity index is 2.58. The molecule has 8 nitrogen and oxygen atoms in total. The largest absolute Gasteiger partial charge is 0.573 e. The number of nitrogens with zero attached hydrogens (tertiary/aromatic N) is 2. The molecular weight excluding hydrogens is 355 g/mol. The first kappa shape index (κ1) is 21.4. The lowest BCUT2D eigenvalue weighted by Gasteiger charge is -2.18. The molecule has 1 atom stereocenters. The standard InChI is InChI=1S/C15H22F3N5O3/c1-4-12(26-23-14(20)22-13(19)21-9(2)3)24-10-5-7-11(8-6-10)25-15(16,17)18/h5-9,12H,4H2,1-3H3,(H5,19,20,21,22,23). The summed E-state index contributed by atoms with van der Waals surface area (Å²) in [6, 6.07) is 4.85. The molecule has 0 heterocycles. The van der Waals surface area contributed by atoms with E-state index in [9.17, 15) is 13.2 Å². The van der Waals surface area contributed by atoms with E-state index in [1.54, 1.807) is 6.92 Å². The van der Waals surface area contributed by atoms with Gasteiger partial charge in [0.1, 0.15) is 11.5 Å². The second-order valence-corrected chi connectivity index (χ2v) is 5.27. The number of nitrogens with two attached hydrogens (primary N) is 2. The number of hydrogen-bond acceptors (Lipinski definition) is 4. The average molecular weight is 377 g/mol. The Morgan fingerprint density at radius 1 is 1.15 bits per heavy atom. The molecule has 0 aliphatic rings. The molecule has 0 saturated heterocycles. The van der Waals surface area contributed by atoms with Crippen LogP contribution in [0.5, 0.6) is 11.5 Å². The number of benzene rings is 1. The van der Waals surface area contributed by atoms with Crippen molar-refractivity contribution in [2.24, 2.45) is 21.5 Å². The van der Waals surface area contributed by atoms with Crippen LogP contribution in [-0.2, 0) is 4.84 Å². The fourth-order valence-electron chi connectivity index (χ4n) is 1.63. The summed E-state index contributed by atoms with van der Waals surface area (Å²) < 4.78 is 45.6. The van der Waals surface area contributed by atoms with Crippen LogP contribution in [0.4, 0.5) is 13.2 Å². The van der Waals surface area contributed by atoms with E-state index in [4.69, 9.17) is 21.0 Å². The van der Waals surface area contributed by atoms with Gasteiger partial charge >= 0.3 is 6.36 Å². The lowest BCUT2D eigenvalue weighted by atomic mass is 10.3. The predicted octanol–water partition coefficient (Wildman–Crippen LogP) is 2.26. The van der Waals surface area contributed by atoms with E-state index >= 15 is 0 Å². The van der Waals surface area contributed by atoms with Gasteiger partial charge in [-0.1, -0.05) is 6.92 Å². The van der Waals surface area contributed by atoms with Gasteiger partial charge in [-0.25, -0.2) is 15.3 Å². The molecule has 26 heavy (non-hydrogen) atoms. The van der Waals surface area contributed by atoms with Crippen LogP contribution < -0.4 is 26.4 Å². The topological polar surface area (TPSA) is 116 Å². The molecule has 1 aromatic carbocycles. The molecule has 0 aliphatic carbocycles. The summed E-state index contributed by atoms with van der Waals surface area (Å²) in [5.41, 5.74) is 13.5. The van der Waals surface area contributed by atoms with E-state index in [1.807, 2.05) is 13.8 Å². The van der Waals surface area contributed by atoms with Gasteiger partial charge in [0, 0.05) is 12.5 Å². The van der Waals surface area contributed by atoms with Crippen molar-refractivity contribution in [2.45, 2.75) is 45.9 Å². The molecule has 1 aromatic rings. The second kappa shape index (κ2) is 9.70. The first-order valence-corrected chi connectivity index (χ1v) is 7.70. The summed E-state index contributed by atoms with van der Waals surface area (Å²) in [5.74, 6) is -0.205. The van der Waals surface area contributed by atoms with Crippen molar-refractivity contribution < 1.29 is 27.5 Å². The maximum atomic E-state index is 12.1. The van der Waals surface area contributed by atoms with Crippen LogP contribution in [0.15, 0.2) is 34.3 Å². The Kier molecular flexibility index (Phi) is 7.97. The number of aliphatic imine (C=N–C) groups is 2. The van der Waals surface area contributed by atoms with Gasteiger partial charge in [0.25, 0.3) is 0 Å². The van der Waals surface area contributed by atoms with E-state index in [-0.39, 0.29) is 29.5 Å². The van der Waals surface area contributed by atoms with E-state index in [1.165, 1.54) is 12.1 Å². The number of ether oxygens (including phenoxy) is 2. The van der Waals surface area contributed by atoms with Crippen LogP contribution >= 0.6 is 0 Å². The van der Waals surface area contributed by atoms with E-state index in [0.717, 1.165) is 12.1 Å². The summed E-state index contributed by atoms with van der Waals surface area (Å²) in [4.78, 5) is 13.0. The highest BCUT2D eigenvalue weighted by Gasteiger charge is 2.31. The van der Waals surface area contributed by atoms with Crippen molar-refractivity contribution in [3.05, 3.63) is 24.3 Å². The molecule has 1 rings (SSSR count). The molecule has 1 unspecified atom stereocenters. The Morgan fingerprint density at radius 3 is 2.23 bits per heavy atom. The minimum Gasteiger partial charge on any atom is -0.463 e. The Hall–Kier alpha value is -2.69. The van der Waals surface area contributed by atoms with Gasteiger partial charge in [0.05, 0.1) is 0 Å². The number of hydrogen-bond donors (Lipinski definition) is 3. The van der Waals surface area contributed by atoms with Crippen molar-refractivity contribution in [1.82, 2.24) is 5.48 Å². The highest BCUT2D eigenvalue weighted by atomic mass is 19.4. The Morgan fingerprint density at radius 2 is 1.73 bits per heavy atom. The molecule has 0 aromatic heterocycles. The molecule has 0 radical (unpaired) electrons. The van der Waals surface area contributed by atoms with Crippen molar-refractivity contribution in [3.8, 4) is 11.5 Å². The Labute approximate surface area is 149 Å². The van der Waals surface area contributed by atoms with E-state index < -0.39 is 12.7 Å². The first-order valence-electron chi connectivity index (χ1n) is 7.70. The van der Waals surface area contributed by atoms with Gasteiger partial charge in [-0.05, 0) is 38.1 Å². The molecule has 0 bridgehead atoms. The second-order valence-electron chi connectivity index (χ2n) is 5.27. The summed E-state index contributed by atoms with van der Waals surface area (Å²) in [6.45, 7) is 5.43. The lowest BCUT2D eigenvalue weighted by Crippen LogP contribution is -2.38. The third-order valence-corrected chi connectivity index (χ3v) is 2.58. The lowest BCUT2D eigenvalue weighted by molar-refractivity contribution is -0.274. The number of halogens is 3. The van der Waals surface area contributed by atoms with E-state index in [2.05, 4.69) is 20.2 Å². The zero-order valence-corrected chi connectivity index (χ0v) is 14.6. The van der Waals surface area contributed by atoms with Crippen molar-refractivity contribution in [3.63, 3.8) is 0 Å². The maximum absolute atomic E-state index is 12.1. The van der Waals surface area contributed by atoms with E-state index in [0.29, 0.717) is 6.42 Å². The first-order chi connectivity index (χ1) is 12.1. The highest BCUT2D eigenvalue weighted by molar-refractivity contribution is 5.92. The van der Waals surface area contributed by atoms with Crippen LogP contribution in [0.1, 0.15) is 27.2 Å². The monoisotopic (exact) mass is 377 g/mol. The van der Waals surface area contributed by atoms with Gasteiger partial charge in [-0.2, -0.15) is 4.99 Å². The van der Waals surface area contributed by atoms with Crippen LogP contribution in [0, 0.1) is 0 Å². The third-order valence-electron chi connectivity index (χ3n) is 2.58. The Bertz CT molecular complexity index is 618. The van der Waals surface area contributed by atoms with Crippen LogP contribution in [0.2, 0.25) is 0 Å². The maximum Gasteiger partial charge on any atom is 0.573 e. The van der Waals surface area contributed by atoms with Gasteiger partial charge in [0.15, 0.2) is 0 Å². The quantitative estimate of drug-likeness (QED) is 0.290. The number of hydroxylamine groups is 1. The van der Waals surface area contributed by atoms with Gasteiger partial charge in [-0.3, -0.25) is 0 Å². The van der Waals surface area contributed by atoms with Gasteiger partial charge < -0.3 is 20.9 Å². The summed E-state index contributed by atoms with van der Waals surface area (Å²) >= 11 is 0. The fraction of sp³-hybridized carbons (Fsp3) is 0.467. The molecule has 5 N–H and O–H groups in total. The molecule has 0 fully saturated rings. The minimum absolute atomic E-state index is 0.0113. The number of alkyl halides is 3. The third kappa shape index (κ3) is 8.97. The number of rotatable bonds is 7. The summed E-state index contributed by atoms with van der Waals surface area (Å²) in [7, 11) is 0. The van der Waals surface area contributed by atoms with Crippen LogP contribution in [0.25, 0.3) is 0 Å². The molecule has 0 saturated carbocycles. The molecule has 11 heteroatoms. The fourth-order valence-corrected chi connectivity index (χ4v) is 1.63. The molecule has 0 aliphatic heterocycles. The normalized spacial score (nSPS) is 14.3. The molecule has 0 amide bonds. The number of nitrogens with one attached hydrogen (secondary N) is 1. The molecule has 146 valence electrons. The SMILES string of the molecule is CCC(ONC(N)=NC(N)=NC(C)C)Oc1ccc(OC(F)(F)F)cc1. The molecule has 0 spiro atoms. The number of guanidine groups is 2. The van der Waals surface area contributed by atoms with Gasteiger partial charge in [0.2, 0.25) is 18.2 Å². The minimum atomic E-state index is -4.75. The van der Waals surface area contributed by atoms with Crippen molar-refractivity contribution >= 4 is 11.9 Å². The highest BCUT2D eigenvalue weighted by Crippen LogP contribution is 2.25. The zero-order chi connectivity index (χ0) is 19.7. The van der Waals surface area contributed by atoms with Crippen LogP contribution in [-0.4, -0.2) is 30.6 Å². The summed E-state index contributed by atoms with van der Waals surface area (Å²) in [5, 5.41) is 0. The van der Waals surface area contributed by atoms with Crippen molar-refractivity contribution in [1.29, 1.82) is 0 Å². The summed E-state index contributed by atoms with van der Waals surface area (Å²) in [6.07, 6.45) is -5.11. The van der Waals surface area contributed by atoms with Crippen molar-refractivity contribution in [2.75, 3.05) is 0 Å². The molecular formula is C15H22F3N5O3. The smallest absolute Gasteiger partial charge is 0.463 e. The zero-order valence-electron chi connectivity index (χ0n) is 14.6. The van der Waals surface area contributed by atoms with Gasteiger partial charge in [-0.15, -0.1) is 13.2 Å². The predicted molar refractivity (Wildman–Crippen MR) is 90.4 cm³/mol. The average Bonchev–Trinajstić information content (AvgIpc) is 2.50. The van der Waals surface area contributed by atoms with Crippen LogP contribution in [0.3, 0.4) is 0 Å².